The molecule has 2 aromatic rings. The molecule has 1 saturated heterocycles. The molecule has 170 valence electrons. The van der Waals surface area contributed by atoms with E-state index in [1.807, 2.05) is 0 Å². The lowest BCUT2D eigenvalue weighted by Gasteiger charge is -2.34. The number of benzene rings is 2. The van der Waals surface area contributed by atoms with Crippen LogP contribution in [-0.2, 0) is 11.0 Å². The number of alkyl halides is 3. The average Bonchev–Trinajstić information content (AvgIpc) is 2.77. The third-order valence-electron chi connectivity index (χ3n) is 5.07. The molecule has 2 aromatic carbocycles. The zero-order valence-corrected chi connectivity index (χ0v) is 17.9. The topological polar surface area (TPSA) is 57.7 Å². The maximum atomic E-state index is 14.1. The molecule has 5 nitrogen and oxygen atoms in total. The Morgan fingerprint density at radius 1 is 0.906 bits per heavy atom. The lowest BCUT2D eigenvalue weighted by atomic mass is 10.1. The van der Waals surface area contributed by atoms with Crippen LogP contribution in [0.2, 0.25) is 0 Å². The van der Waals surface area contributed by atoms with Crippen molar-refractivity contribution in [3.05, 3.63) is 65.0 Å². The van der Waals surface area contributed by atoms with Gasteiger partial charge in [-0.25, -0.2) is 4.39 Å². The molecule has 1 aliphatic heterocycles. The van der Waals surface area contributed by atoms with E-state index < -0.39 is 23.5 Å². The first-order valence-corrected chi connectivity index (χ1v) is 10.7. The minimum atomic E-state index is -4.47. The number of amides is 2. The van der Waals surface area contributed by atoms with Gasteiger partial charge in [0, 0.05) is 42.2 Å². The van der Waals surface area contributed by atoms with Gasteiger partial charge in [0.05, 0.1) is 11.3 Å². The average molecular weight is 468 g/mol. The number of hydrogen-bond acceptors (Lipinski definition) is 4. The number of hydrogen-bond donors (Lipinski definition) is 0. The molecule has 0 aromatic heterocycles. The van der Waals surface area contributed by atoms with Crippen LogP contribution in [0.5, 0.6) is 0 Å². The number of carbonyl (C=O) groups excluding carboxylic acids is 3. The van der Waals surface area contributed by atoms with Crippen LogP contribution in [-0.4, -0.2) is 59.3 Å². The predicted molar refractivity (Wildman–Crippen MR) is 111 cm³/mol. The van der Waals surface area contributed by atoms with Crippen molar-refractivity contribution >= 4 is 29.4 Å². The summed E-state index contributed by atoms with van der Waals surface area (Å²) in [7, 11) is 0. The van der Waals surface area contributed by atoms with E-state index in [1.165, 1.54) is 24.0 Å². The van der Waals surface area contributed by atoms with E-state index in [2.05, 4.69) is 0 Å². The van der Waals surface area contributed by atoms with Gasteiger partial charge >= 0.3 is 6.18 Å². The maximum absolute atomic E-state index is 14.1. The SMILES string of the molecule is CC(=O)c1ccc(SCC(=O)N2CCN(C(=O)c3ccc(C(F)(F)F)cc3)CC2)c(F)c1. The molecule has 0 saturated carbocycles. The molecule has 0 radical (unpaired) electrons. The summed E-state index contributed by atoms with van der Waals surface area (Å²) in [4.78, 5) is 39.6. The highest BCUT2D eigenvalue weighted by Crippen LogP contribution is 2.29. The minimum Gasteiger partial charge on any atom is -0.338 e. The van der Waals surface area contributed by atoms with Crippen LogP contribution in [0.3, 0.4) is 0 Å². The second-order valence-electron chi connectivity index (χ2n) is 7.24. The summed E-state index contributed by atoms with van der Waals surface area (Å²) in [5.74, 6) is -1.43. The van der Waals surface area contributed by atoms with Crippen molar-refractivity contribution in [1.82, 2.24) is 9.80 Å². The quantitative estimate of drug-likeness (QED) is 0.376. The molecule has 1 aliphatic rings. The summed E-state index contributed by atoms with van der Waals surface area (Å²) in [6, 6.07) is 8.13. The van der Waals surface area contributed by atoms with Gasteiger partial charge in [0.2, 0.25) is 5.91 Å². The van der Waals surface area contributed by atoms with Gasteiger partial charge in [-0.05, 0) is 43.3 Å². The Kier molecular flexibility index (Phi) is 7.22. The van der Waals surface area contributed by atoms with Crippen molar-refractivity contribution in [2.24, 2.45) is 0 Å². The third-order valence-corrected chi connectivity index (χ3v) is 6.10. The second-order valence-corrected chi connectivity index (χ2v) is 8.26. The zero-order chi connectivity index (χ0) is 23.5. The van der Waals surface area contributed by atoms with Crippen molar-refractivity contribution in [2.45, 2.75) is 18.0 Å². The molecule has 1 fully saturated rings. The van der Waals surface area contributed by atoms with Crippen molar-refractivity contribution in [3.63, 3.8) is 0 Å². The standard InChI is InChI=1S/C22H20F4N2O3S/c1-14(29)16-4-7-19(18(23)12-16)32-13-20(30)27-8-10-28(11-9-27)21(31)15-2-5-17(6-3-15)22(24,25)26/h2-7,12H,8-11,13H2,1H3. The molecule has 2 amide bonds. The highest BCUT2D eigenvalue weighted by Gasteiger charge is 2.31. The Morgan fingerprint density at radius 3 is 2.00 bits per heavy atom. The van der Waals surface area contributed by atoms with Gasteiger partial charge in [-0.1, -0.05) is 6.07 Å². The van der Waals surface area contributed by atoms with E-state index in [9.17, 15) is 31.9 Å². The summed E-state index contributed by atoms with van der Waals surface area (Å²) < 4.78 is 52.1. The number of thioether (sulfide) groups is 1. The fourth-order valence-corrected chi connectivity index (χ4v) is 4.03. The fourth-order valence-electron chi connectivity index (χ4n) is 3.21. The zero-order valence-electron chi connectivity index (χ0n) is 17.1. The molecule has 32 heavy (non-hydrogen) atoms. The Balaban J connectivity index is 1.51. The minimum absolute atomic E-state index is 0.00316. The lowest BCUT2D eigenvalue weighted by molar-refractivity contribution is -0.137. The van der Waals surface area contributed by atoms with Crippen LogP contribution in [0.1, 0.15) is 33.2 Å². The van der Waals surface area contributed by atoms with E-state index in [-0.39, 0.29) is 59.6 Å². The van der Waals surface area contributed by atoms with E-state index >= 15 is 0 Å². The number of carbonyl (C=O) groups is 3. The van der Waals surface area contributed by atoms with E-state index in [0.29, 0.717) is 0 Å². The predicted octanol–water partition coefficient (Wildman–Crippen LogP) is 4.12. The van der Waals surface area contributed by atoms with Gasteiger partial charge in [-0.15, -0.1) is 11.8 Å². The van der Waals surface area contributed by atoms with Crippen LogP contribution in [0.4, 0.5) is 17.6 Å². The Labute approximate surface area is 186 Å². The van der Waals surface area contributed by atoms with Gasteiger partial charge in [0.25, 0.3) is 5.91 Å². The molecule has 0 atom stereocenters. The summed E-state index contributed by atoms with van der Waals surface area (Å²) in [6.45, 7) is 2.39. The summed E-state index contributed by atoms with van der Waals surface area (Å²) in [6.07, 6.45) is -4.47. The van der Waals surface area contributed by atoms with Gasteiger partial charge in [-0.3, -0.25) is 14.4 Å². The fraction of sp³-hybridized carbons (Fsp3) is 0.318. The third kappa shape index (κ3) is 5.67. The summed E-state index contributed by atoms with van der Waals surface area (Å²) >= 11 is 1.03. The Hall–Kier alpha value is -2.88. The smallest absolute Gasteiger partial charge is 0.338 e. The molecule has 10 heteroatoms. The summed E-state index contributed by atoms with van der Waals surface area (Å²) in [5, 5.41) is 0. The molecule has 0 aliphatic carbocycles. The summed E-state index contributed by atoms with van der Waals surface area (Å²) in [5.41, 5.74) is -0.417. The van der Waals surface area contributed by atoms with Crippen LogP contribution in [0.25, 0.3) is 0 Å². The van der Waals surface area contributed by atoms with E-state index in [4.69, 9.17) is 0 Å². The lowest BCUT2D eigenvalue weighted by Crippen LogP contribution is -2.51. The highest BCUT2D eigenvalue weighted by molar-refractivity contribution is 8.00. The Bertz CT molecular complexity index is 1020. The monoisotopic (exact) mass is 468 g/mol. The van der Waals surface area contributed by atoms with Crippen molar-refractivity contribution < 1.29 is 31.9 Å². The molecule has 1 heterocycles. The van der Waals surface area contributed by atoms with Crippen molar-refractivity contribution in [3.8, 4) is 0 Å². The normalized spacial score (nSPS) is 14.4. The maximum Gasteiger partial charge on any atom is 0.416 e. The van der Waals surface area contributed by atoms with Crippen LogP contribution < -0.4 is 0 Å². The van der Waals surface area contributed by atoms with Crippen LogP contribution in [0, 0.1) is 5.82 Å². The Morgan fingerprint density at radius 2 is 1.47 bits per heavy atom. The number of rotatable bonds is 5. The first-order chi connectivity index (χ1) is 15.1. The molecule has 0 spiro atoms. The van der Waals surface area contributed by atoms with Crippen LogP contribution in [0.15, 0.2) is 47.4 Å². The number of halogens is 4. The van der Waals surface area contributed by atoms with Gasteiger partial charge < -0.3 is 9.80 Å². The molecular formula is C22H20F4N2O3S. The number of Topliss-reactive ketones (excluding diaryl/α,β-unsaturated/α-hetero) is 1. The largest absolute Gasteiger partial charge is 0.416 e. The number of piperazine rings is 1. The number of ketones is 1. The molecule has 0 bridgehead atoms. The molecule has 0 N–H and O–H groups in total. The van der Waals surface area contributed by atoms with Gasteiger partial charge in [0.15, 0.2) is 5.78 Å². The first-order valence-electron chi connectivity index (χ1n) is 9.74. The van der Waals surface area contributed by atoms with Crippen molar-refractivity contribution in [1.29, 1.82) is 0 Å². The highest BCUT2D eigenvalue weighted by atomic mass is 32.2. The number of nitrogens with zero attached hydrogens (tertiary/aromatic N) is 2. The first kappa shape index (κ1) is 23.8. The molecule has 3 rings (SSSR count). The van der Waals surface area contributed by atoms with E-state index in [0.717, 1.165) is 42.1 Å². The van der Waals surface area contributed by atoms with Crippen molar-refractivity contribution in [2.75, 3.05) is 31.9 Å². The van der Waals surface area contributed by atoms with Crippen LogP contribution >= 0.6 is 11.8 Å². The molecular weight excluding hydrogens is 448 g/mol. The van der Waals surface area contributed by atoms with Gasteiger partial charge in [-0.2, -0.15) is 13.2 Å². The van der Waals surface area contributed by atoms with Gasteiger partial charge in [0.1, 0.15) is 5.82 Å². The van der Waals surface area contributed by atoms with E-state index in [1.54, 1.807) is 4.90 Å². The second kappa shape index (κ2) is 9.72. The molecule has 0 unspecified atom stereocenters.